The molecular weight excluding hydrogens is 408 g/mol. The van der Waals surface area contributed by atoms with Gasteiger partial charge in [-0.2, -0.15) is 0 Å². The highest BCUT2D eigenvalue weighted by Gasteiger charge is 2.19. The zero-order chi connectivity index (χ0) is 23.7. The predicted molar refractivity (Wildman–Crippen MR) is 137 cm³/mol. The number of unbranched alkanes of at least 4 members (excludes halogenated alkanes) is 1. The number of benzene rings is 2. The molecule has 0 N–H and O–H groups in total. The summed E-state index contributed by atoms with van der Waals surface area (Å²) in [6.07, 6.45) is 4.42. The normalized spacial score (nSPS) is 14.9. The molecule has 0 aliphatic carbocycles. The van der Waals surface area contributed by atoms with E-state index in [1.165, 1.54) is 29.5 Å². The summed E-state index contributed by atoms with van der Waals surface area (Å²) in [4.78, 5) is 17.9. The van der Waals surface area contributed by atoms with Gasteiger partial charge in [-0.1, -0.05) is 70.5 Å². The van der Waals surface area contributed by atoms with E-state index in [0.29, 0.717) is 6.54 Å². The monoisotopic (exact) mass is 450 g/mol. The molecule has 0 unspecified atom stereocenters. The fourth-order valence-corrected chi connectivity index (χ4v) is 4.27. The molecule has 1 saturated heterocycles. The lowest BCUT2D eigenvalue weighted by Crippen LogP contribution is -2.39. The van der Waals surface area contributed by atoms with Crippen LogP contribution in [0.5, 0.6) is 0 Å². The highest BCUT2D eigenvalue weighted by Crippen LogP contribution is 2.23. The maximum Gasteiger partial charge on any atom is 0.254 e. The van der Waals surface area contributed by atoms with E-state index in [1.807, 2.05) is 17.0 Å². The van der Waals surface area contributed by atoms with Crippen molar-refractivity contribution in [3.05, 3.63) is 70.8 Å². The fraction of sp³-hybridized carbons (Fsp3) is 0.552. The lowest BCUT2D eigenvalue weighted by atomic mass is 9.87. The maximum absolute atomic E-state index is 13.5. The number of aryl methyl sites for hydroxylation is 1. The van der Waals surface area contributed by atoms with E-state index in [9.17, 15) is 4.79 Å². The van der Waals surface area contributed by atoms with E-state index < -0.39 is 0 Å². The van der Waals surface area contributed by atoms with Crippen molar-refractivity contribution >= 4 is 5.91 Å². The number of amides is 1. The van der Waals surface area contributed by atoms with Crippen molar-refractivity contribution in [2.24, 2.45) is 0 Å². The van der Waals surface area contributed by atoms with Crippen LogP contribution in [0.3, 0.4) is 0 Å². The third kappa shape index (κ3) is 7.97. The number of carbonyl (C=O) groups is 1. The second-order valence-corrected chi connectivity index (χ2v) is 10.3. The fourth-order valence-electron chi connectivity index (χ4n) is 4.27. The van der Waals surface area contributed by atoms with E-state index in [1.54, 1.807) is 0 Å². The Kier molecular flexibility index (Phi) is 9.52. The Bertz CT molecular complexity index is 847. The lowest BCUT2D eigenvalue weighted by molar-refractivity contribution is 0.0355. The molecule has 0 saturated carbocycles. The lowest BCUT2D eigenvalue weighted by Gasteiger charge is -2.28. The van der Waals surface area contributed by atoms with Crippen LogP contribution in [0.25, 0.3) is 0 Å². The van der Waals surface area contributed by atoms with E-state index in [2.05, 4.69) is 69.0 Å². The van der Waals surface area contributed by atoms with Crippen molar-refractivity contribution in [3.63, 3.8) is 0 Å². The second-order valence-electron chi connectivity index (χ2n) is 10.3. The van der Waals surface area contributed by atoms with E-state index in [4.69, 9.17) is 4.74 Å². The molecule has 1 amide bonds. The summed E-state index contributed by atoms with van der Waals surface area (Å²) in [5.74, 6) is 0.124. The topological polar surface area (TPSA) is 32.8 Å². The van der Waals surface area contributed by atoms with Crippen LogP contribution in [0.1, 0.15) is 74.0 Å². The Morgan fingerprint density at radius 1 is 0.939 bits per heavy atom. The minimum Gasteiger partial charge on any atom is -0.379 e. The predicted octanol–water partition coefficient (Wildman–Crippen LogP) is 5.69. The molecule has 0 atom stereocenters. The SMILES string of the molecule is CCCCc1ccc(C(=O)N(CCCN2CCOCC2)Cc2ccc(C(C)(C)C)cc2)cc1. The molecule has 0 bridgehead atoms. The van der Waals surface area contributed by atoms with Gasteiger partial charge in [0.05, 0.1) is 13.2 Å². The van der Waals surface area contributed by atoms with Crippen molar-refractivity contribution in [3.8, 4) is 0 Å². The van der Waals surface area contributed by atoms with Gasteiger partial charge in [-0.05, 0) is 53.5 Å². The van der Waals surface area contributed by atoms with Crippen molar-refractivity contribution < 1.29 is 9.53 Å². The van der Waals surface area contributed by atoms with Crippen LogP contribution in [-0.2, 0) is 23.1 Å². The van der Waals surface area contributed by atoms with Crippen LogP contribution in [0.2, 0.25) is 0 Å². The van der Waals surface area contributed by atoms with Crippen LogP contribution in [-0.4, -0.2) is 55.1 Å². The van der Waals surface area contributed by atoms with Crippen molar-refractivity contribution in [1.82, 2.24) is 9.80 Å². The largest absolute Gasteiger partial charge is 0.379 e. The summed E-state index contributed by atoms with van der Waals surface area (Å²) in [7, 11) is 0. The molecule has 180 valence electrons. The average molecular weight is 451 g/mol. The third-order valence-electron chi connectivity index (χ3n) is 6.51. The number of carbonyl (C=O) groups excluding carboxylic acids is 1. The zero-order valence-corrected chi connectivity index (χ0v) is 21.1. The molecule has 2 aromatic carbocycles. The van der Waals surface area contributed by atoms with E-state index in [0.717, 1.165) is 57.8 Å². The van der Waals surface area contributed by atoms with Gasteiger partial charge in [-0.3, -0.25) is 9.69 Å². The Morgan fingerprint density at radius 3 is 2.18 bits per heavy atom. The first-order valence-electron chi connectivity index (χ1n) is 12.6. The van der Waals surface area contributed by atoms with Gasteiger partial charge in [-0.15, -0.1) is 0 Å². The summed E-state index contributed by atoms with van der Waals surface area (Å²) in [5, 5.41) is 0. The average Bonchev–Trinajstić information content (AvgIpc) is 2.82. The highest BCUT2D eigenvalue weighted by atomic mass is 16.5. The Morgan fingerprint density at radius 2 is 1.58 bits per heavy atom. The summed E-state index contributed by atoms with van der Waals surface area (Å²) in [5.41, 5.74) is 4.73. The minimum atomic E-state index is 0.124. The molecule has 0 aromatic heterocycles. The molecule has 3 rings (SSSR count). The summed E-state index contributed by atoms with van der Waals surface area (Å²) in [6, 6.07) is 17.0. The molecule has 0 spiro atoms. The van der Waals surface area contributed by atoms with Gasteiger partial charge in [0, 0.05) is 38.3 Å². The van der Waals surface area contributed by atoms with Gasteiger partial charge < -0.3 is 9.64 Å². The van der Waals surface area contributed by atoms with E-state index in [-0.39, 0.29) is 11.3 Å². The second kappa shape index (κ2) is 12.3. The molecule has 4 heteroatoms. The van der Waals surface area contributed by atoms with Crippen molar-refractivity contribution in [2.45, 2.75) is 65.3 Å². The van der Waals surface area contributed by atoms with Gasteiger partial charge in [-0.25, -0.2) is 0 Å². The van der Waals surface area contributed by atoms with Gasteiger partial charge in [0.2, 0.25) is 0 Å². The smallest absolute Gasteiger partial charge is 0.254 e. The third-order valence-corrected chi connectivity index (χ3v) is 6.51. The number of hydrogen-bond donors (Lipinski definition) is 0. The first kappa shape index (κ1) is 25.5. The number of rotatable bonds is 10. The van der Waals surface area contributed by atoms with Gasteiger partial charge in [0.15, 0.2) is 0 Å². The number of hydrogen-bond acceptors (Lipinski definition) is 3. The molecular formula is C29H42N2O2. The Hall–Kier alpha value is -2.17. The summed E-state index contributed by atoms with van der Waals surface area (Å²) >= 11 is 0. The molecule has 1 aliphatic heterocycles. The first-order chi connectivity index (χ1) is 15.9. The van der Waals surface area contributed by atoms with Gasteiger partial charge >= 0.3 is 0 Å². The molecule has 33 heavy (non-hydrogen) atoms. The summed E-state index contributed by atoms with van der Waals surface area (Å²) in [6.45, 7) is 14.9. The zero-order valence-electron chi connectivity index (χ0n) is 21.1. The molecule has 0 radical (unpaired) electrons. The molecule has 2 aromatic rings. The van der Waals surface area contributed by atoms with Crippen LogP contribution in [0.4, 0.5) is 0 Å². The first-order valence-corrected chi connectivity index (χ1v) is 12.6. The van der Waals surface area contributed by atoms with Crippen LogP contribution >= 0.6 is 0 Å². The van der Waals surface area contributed by atoms with Crippen LogP contribution in [0.15, 0.2) is 48.5 Å². The number of morpholine rings is 1. The summed E-state index contributed by atoms with van der Waals surface area (Å²) < 4.78 is 5.46. The number of nitrogens with zero attached hydrogens (tertiary/aromatic N) is 2. The Labute approximate surface area is 200 Å². The highest BCUT2D eigenvalue weighted by molar-refractivity contribution is 5.94. The number of ether oxygens (including phenoxy) is 1. The maximum atomic E-state index is 13.5. The van der Waals surface area contributed by atoms with Crippen molar-refractivity contribution in [2.75, 3.05) is 39.4 Å². The van der Waals surface area contributed by atoms with Gasteiger partial charge in [0.1, 0.15) is 0 Å². The molecule has 1 heterocycles. The van der Waals surface area contributed by atoms with E-state index >= 15 is 0 Å². The quantitative estimate of drug-likeness (QED) is 0.466. The minimum absolute atomic E-state index is 0.124. The standard InChI is InChI=1S/C29H42N2O2/c1-5-6-8-24-9-13-26(14-10-24)28(32)31(18-7-17-30-19-21-33-22-20-30)23-25-11-15-27(16-12-25)29(2,3)4/h9-16H,5-8,17-23H2,1-4H3. The van der Waals surface area contributed by atoms with Crippen molar-refractivity contribution in [1.29, 1.82) is 0 Å². The van der Waals surface area contributed by atoms with Crippen LogP contribution < -0.4 is 0 Å². The molecule has 1 fully saturated rings. The van der Waals surface area contributed by atoms with Gasteiger partial charge in [0.25, 0.3) is 5.91 Å². The molecule has 4 nitrogen and oxygen atoms in total. The van der Waals surface area contributed by atoms with Crippen LogP contribution in [0, 0.1) is 0 Å². The molecule has 1 aliphatic rings. The Balaban J connectivity index is 1.68.